The van der Waals surface area contributed by atoms with Gasteiger partial charge in [-0.1, -0.05) is 105 Å². The van der Waals surface area contributed by atoms with E-state index < -0.39 is 0 Å². The van der Waals surface area contributed by atoms with Gasteiger partial charge in [0.25, 0.3) is 0 Å². The molecule has 5 atom stereocenters. The molecule has 2 bridgehead atoms. The zero-order valence-electron chi connectivity index (χ0n) is 31.4. The molecule has 2 fully saturated rings. The lowest BCUT2D eigenvalue weighted by molar-refractivity contribution is -0.142. The van der Waals surface area contributed by atoms with Gasteiger partial charge >= 0.3 is 0 Å². The predicted octanol–water partition coefficient (Wildman–Crippen LogP) is 9.21. The summed E-state index contributed by atoms with van der Waals surface area (Å²) in [6, 6.07) is 23.5. The van der Waals surface area contributed by atoms with Gasteiger partial charge in [-0.3, -0.25) is 9.69 Å². The van der Waals surface area contributed by atoms with Crippen molar-refractivity contribution in [3.63, 3.8) is 0 Å². The highest BCUT2D eigenvalue weighted by Crippen LogP contribution is 2.65. The molecule has 7 rings (SSSR count). The number of phenolic OH excluding ortho intramolecular Hbond substituents is 1. The third-order valence-electron chi connectivity index (χ3n) is 13.0. The van der Waals surface area contributed by atoms with Crippen LogP contribution >= 0.6 is 0 Å². The van der Waals surface area contributed by atoms with Gasteiger partial charge in [-0.2, -0.15) is 0 Å². The molecule has 1 saturated carbocycles. The maximum atomic E-state index is 14.4. The zero-order valence-corrected chi connectivity index (χ0v) is 31.4. The molecule has 2 aliphatic carbocycles. The number of methoxy groups -OCH3 is 1. The fourth-order valence-corrected chi connectivity index (χ4v) is 10.5. The highest BCUT2D eigenvalue weighted by Gasteiger charge is 2.67. The second kappa shape index (κ2) is 16.9. The summed E-state index contributed by atoms with van der Waals surface area (Å²) in [6.45, 7) is 6.62. The summed E-state index contributed by atoms with van der Waals surface area (Å²) >= 11 is 0. The number of nitrogens with zero attached hydrogens (tertiary/aromatic N) is 2. The zero-order chi connectivity index (χ0) is 35.9. The Morgan fingerprint density at radius 1 is 0.942 bits per heavy atom. The molecule has 0 radical (unpaired) electrons. The Morgan fingerprint density at radius 3 is 2.27 bits per heavy atom. The first-order valence-corrected chi connectivity index (χ1v) is 20.4. The molecule has 6 heteroatoms. The number of hydrogen-bond donors (Lipinski definition) is 1. The molecular weight excluding hydrogens is 645 g/mol. The number of phenols is 1. The molecule has 6 nitrogen and oxygen atoms in total. The molecule has 4 aliphatic rings. The summed E-state index contributed by atoms with van der Waals surface area (Å²) in [5, 5.41) is 11.4. The molecule has 3 aromatic rings. The van der Waals surface area contributed by atoms with Gasteiger partial charge in [0.2, 0.25) is 5.91 Å². The second-order valence-electron chi connectivity index (χ2n) is 15.9. The second-order valence-corrected chi connectivity index (χ2v) is 15.9. The first-order valence-electron chi connectivity index (χ1n) is 20.4. The van der Waals surface area contributed by atoms with E-state index in [1.807, 2.05) is 6.08 Å². The van der Waals surface area contributed by atoms with Crippen molar-refractivity contribution in [2.24, 2.45) is 5.92 Å². The van der Waals surface area contributed by atoms with E-state index in [-0.39, 0.29) is 23.5 Å². The quantitative estimate of drug-likeness (QED) is 0.0996. The lowest BCUT2D eigenvalue weighted by Crippen LogP contribution is -2.69. The Morgan fingerprint density at radius 2 is 1.60 bits per heavy atom. The van der Waals surface area contributed by atoms with Crippen LogP contribution in [-0.2, 0) is 29.5 Å². The van der Waals surface area contributed by atoms with Crippen molar-refractivity contribution < 1.29 is 19.4 Å². The summed E-state index contributed by atoms with van der Waals surface area (Å²) < 4.78 is 13.0. The Kier molecular flexibility index (Phi) is 11.9. The van der Waals surface area contributed by atoms with Crippen LogP contribution in [0.3, 0.4) is 0 Å². The topological polar surface area (TPSA) is 62.2 Å². The average Bonchev–Trinajstić information content (AvgIpc) is 3.51. The number of amides is 1. The highest BCUT2D eigenvalue weighted by atomic mass is 16.5. The number of aryl methyl sites for hydroxylation is 2. The van der Waals surface area contributed by atoms with Crippen molar-refractivity contribution in [3.8, 4) is 17.2 Å². The maximum absolute atomic E-state index is 14.4. The van der Waals surface area contributed by atoms with Crippen LogP contribution in [0, 0.1) is 5.92 Å². The van der Waals surface area contributed by atoms with Gasteiger partial charge in [-0.05, 0) is 81.4 Å². The molecule has 1 saturated heterocycles. The minimum atomic E-state index is -0.237. The number of unbranched alkanes of at least 4 members (excludes halogenated alkanes) is 7. The van der Waals surface area contributed by atoms with Crippen molar-refractivity contribution in [1.29, 1.82) is 0 Å². The van der Waals surface area contributed by atoms with Crippen LogP contribution in [-0.4, -0.2) is 65.7 Å². The summed E-state index contributed by atoms with van der Waals surface area (Å²) in [4.78, 5) is 19.2. The number of benzene rings is 3. The molecule has 0 unspecified atom stereocenters. The van der Waals surface area contributed by atoms with E-state index in [4.69, 9.17) is 9.47 Å². The number of carbonyl (C=O) groups is 1. The number of likely N-dealkylation sites (tertiary alicyclic amines) is 1. The lowest BCUT2D eigenvalue weighted by atomic mass is 9.50. The first-order chi connectivity index (χ1) is 25.5. The largest absolute Gasteiger partial charge is 0.508 e. The summed E-state index contributed by atoms with van der Waals surface area (Å²) in [5.74, 6) is 2.42. The fraction of sp³-hybridized carbons (Fsp3) is 0.543. The molecular formula is C46H60N2O4. The Bertz CT molecular complexity index is 1640. The molecule has 1 N–H and O–H groups in total. The van der Waals surface area contributed by atoms with Crippen molar-refractivity contribution in [1.82, 2.24) is 9.80 Å². The van der Waals surface area contributed by atoms with Crippen LogP contribution in [0.5, 0.6) is 17.2 Å². The third-order valence-corrected chi connectivity index (χ3v) is 13.0. The summed E-state index contributed by atoms with van der Waals surface area (Å²) in [6.07, 6.45) is 18.9. The molecule has 52 heavy (non-hydrogen) atoms. The molecule has 1 amide bonds. The normalized spacial score (nSPS) is 24.2. The maximum Gasteiger partial charge on any atom is 0.222 e. The van der Waals surface area contributed by atoms with Gasteiger partial charge in [-0.25, -0.2) is 0 Å². The SMILES string of the molecule is C=CCN1CC[C@]23c4c5c(O)cc(OC)c4O[C@H]2[C@@H](N(CCCc2ccccc2)C(=O)CCCCCCCCCCc2ccccc2)CC[C@H]3[C@H]1C5. The number of ether oxygens (including phenoxy) is 2. The summed E-state index contributed by atoms with van der Waals surface area (Å²) in [5.41, 5.74) is 4.72. The fourth-order valence-electron chi connectivity index (χ4n) is 10.5. The minimum Gasteiger partial charge on any atom is -0.508 e. The van der Waals surface area contributed by atoms with Crippen molar-refractivity contribution in [2.75, 3.05) is 26.7 Å². The van der Waals surface area contributed by atoms with E-state index in [1.165, 1.54) is 61.6 Å². The van der Waals surface area contributed by atoms with Crippen LogP contribution in [0.2, 0.25) is 0 Å². The van der Waals surface area contributed by atoms with Crippen molar-refractivity contribution >= 4 is 5.91 Å². The molecule has 1 spiro atoms. The van der Waals surface area contributed by atoms with E-state index in [0.717, 1.165) is 82.3 Å². The number of hydrogen-bond acceptors (Lipinski definition) is 5. The van der Waals surface area contributed by atoms with Crippen molar-refractivity contribution in [3.05, 3.63) is 102 Å². The molecule has 3 aromatic carbocycles. The van der Waals surface area contributed by atoms with E-state index >= 15 is 0 Å². The Balaban J connectivity index is 1.02. The molecule has 0 aromatic heterocycles. The van der Waals surface area contributed by atoms with Crippen LogP contribution < -0.4 is 9.47 Å². The molecule has 2 aliphatic heterocycles. The number of piperidine rings is 1. The smallest absolute Gasteiger partial charge is 0.222 e. The van der Waals surface area contributed by atoms with E-state index in [9.17, 15) is 9.90 Å². The van der Waals surface area contributed by atoms with E-state index in [1.54, 1.807) is 13.2 Å². The van der Waals surface area contributed by atoms with Gasteiger partial charge in [0.05, 0.1) is 13.2 Å². The Hall–Kier alpha value is -3.77. The number of carbonyl (C=O) groups excluding carboxylic acids is 1. The van der Waals surface area contributed by atoms with Gasteiger partial charge in [0, 0.05) is 48.2 Å². The van der Waals surface area contributed by atoms with Gasteiger partial charge in [-0.15, -0.1) is 6.58 Å². The summed E-state index contributed by atoms with van der Waals surface area (Å²) in [7, 11) is 1.67. The van der Waals surface area contributed by atoms with Crippen LogP contribution in [0.15, 0.2) is 79.4 Å². The van der Waals surface area contributed by atoms with Gasteiger partial charge in [0.15, 0.2) is 11.5 Å². The van der Waals surface area contributed by atoms with E-state index in [0.29, 0.717) is 29.9 Å². The average molecular weight is 705 g/mol. The highest BCUT2D eigenvalue weighted by molar-refractivity contribution is 5.77. The van der Waals surface area contributed by atoms with Gasteiger partial charge < -0.3 is 19.5 Å². The lowest BCUT2D eigenvalue weighted by Gasteiger charge is -2.60. The number of rotatable bonds is 19. The van der Waals surface area contributed by atoms with E-state index in [2.05, 4.69) is 77.0 Å². The number of aromatic hydroxyl groups is 1. The third kappa shape index (κ3) is 7.38. The molecule has 278 valence electrons. The van der Waals surface area contributed by atoms with Crippen molar-refractivity contribution in [2.45, 2.75) is 126 Å². The van der Waals surface area contributed by atoms with Crippen LogP contribution in [0.25, 0.3) is 0 Å². The minimum absolute atomic E-state index is 0.00721. The molecule has 2 heterocycles. The standard InChI is InChI=1S/C46H60N2O4/c1-3-29-47-31-28-46-37-26-27-38(45(46)52-44-41(51-2)33-40(49)36(43(44)46)32-39(37)47)48(30-18-24-35-22-15-11-16-23-35)42(50)25-17-9-7-5-4-6-8-12-19-34-20-13-10-14-21-34/h3,10-11,13-16,20-23,33,37-39,45,49H,1,4-9,12,17-19,24-32H2,2H3/t37-,38-,39+,45-,46-/m0/s1. The van der Waals surface area contributed by atoms with Gasteiger partial charge in [0.1, 0.15) is 11.9 Å². The predicted molar refractivity (Wildman–Crippen MR) is 209 cm³/mol. The van der Waals surface area contributed by atoms with Crippen LogP contribution in [0.1, 0.15) is 106 Å². The van der Waals surface area contributed by atoms with Crippen LogP contribution in [0.4, 0.5) is 0 Å². The monoisotopic (exact) mass is 704 g/mol. The Labute approximate surface area is 312 Å². The first kappa shape index (κ1) is 36.6.